The third-order valence-electron chi connectivity index (χ3n) is 4.68. The van der Waals surface area contributed by atoms with Gasteiger partial charge in [-0.3, -0.25) is 4.79 Å². The minimum atomic E-state index is -0.245. The number of aromatic nitrogens is 1. The zero-order valence-corrected chi connectivity index (χ0v) is 18.3. The SMILES string of the molecule is CC(C)c1ccc(-c2nc3cc(NC(=O)COc4ccc(Br)cc4)ccc3o2)cc1. The summed E-state index contributed by atoms with van der Waals surface area (Å²) in [7, 11) is 0. The monoisotopic (exact) mass is 464 g/mol. The van der Waals surface area contributed by atoms with Crippen molar-refractivity contribution < 1.29 is 13.9 Å². The van der Waals surface area contributed by atoms with E-state index in [1.54, 1.807) is 30.3 Å². The molecule has 30 heavy (non-hydrogen) atoms. The predicted molar refractivity (Wildman–Crippen MR) is 122 cm³/mol. The molecule has 5 nitrogen and oxygen atoms in total. The maximum Gasteiger partial charge on any atom is 0.262 e. The highest BCUT2D eigenvalue weighted by atomic mass is 79.9. The van der Waals surface area contributed by atoms with Crippen molar-refractivity contribution in [2.24, 2.45) is 0 Å². The van der Waals surface area contributed by atoms with E-state index in [0.717, 1.165) is 10.0 Å². The highest BCUT2D eigenvalue weighted by Crippen LogP contribution is 2.27. The summed E-state index contributed by atoms with van der Waals surface area (Å²) in [6.07, 6.45) is 0. The number of benzene rings is 3. The smallest absolute Gasteiger partial charge is 0.262 e. The fraction of sp³-hybridized carbons (Fsp3) is 0.167. The number of amides is 1. The lowest BCUT2D eigenvalue weighted by Crippen LogP contribution is -2.20. The fourth-order valence-corrected chi connectivity index (χ4v) is 3.28. The van der Waals surface area contributed by atoms with Crippen LogP contribution in [0.25, 0.3) is 22.6 Å². The molecule has 0 fully saturated rings. The fourth-order valence-electron chi connectivity index (χ4n) is 3.02. The van der Waals surface area contributed by atoms with Gasteiger partial charge in [-0.2, -0.15) is 0 Å². The Bertz CT molecular complexity index is 1170. The number of rotatable bonds is 6. The second-order valence-electron chi connectivity index (χ2n) is 7.27. The minimum Gasteiger partial charge on any atom is -0.484 e. The Morgan fingerprint density at radius 3 is 2.50 bits per heavy atom. The van der Waals surface area contributed by atoms with Crippen molar-refractivity contribution in [1.82, 2.24) is 4.98 Å². The summed E-state index contributed by atoms with van der Waals surface area (Å²) in [4.78, 5) is 16.8. The van der Waals surface area contributed by atoms with Gasteiger partial charge in [-0.1, -0.05) is 41.9 Å². The van der Waals surface area contributed by atoms with E-state index >= 15 is 0 Å². The summed E-state index contributed by atoms with van der Waals surface area (Å²) in [6, 6.07) is 20.9. The molecule has 1 heterocycles. The first-order valence-electron chi connectivity index (χ1n) is 9.67. The van der Waals surface area contributed by atoms with E-state index in [4.69, 9.17) is 9.15 Å². The lowest BCUT2D eigenvalue weighted by molar-refractivity contribution is -0.118. The van der Waals surface area contributed by atoms with Gasteiger partial charge in [0.25, 0.3) is 5.91 Å². The highest BCUT2D eigenvalue weighted by molar-refractivity contribution is 9.10. The molecule has 4 aromatic rings. The van der Waals surface area contributed by atoms with Crippen LogP contribution in [-0.2, 0) is 4.79 Å². The molecule has 3 aromatic carbocycles. The first-order chi connectivity index (χ1) is 14.5. The Morgan fingerprint density at radius 1 is 1.07 bits per heavy atom. The molecule has 0 aliphatic heterocycles. The van der Waals surface area contributed by atoms with E-state index in [1.807, 2.05) is 24.3 Å². The van der Waals surface area contributed by atoms with Crippen molar-refractivity contribution in [2.75, 3.05) is 11.9 Å². The summed E-state index contributed by atoms with van der Waals surface area (Å²) >= 11 is 3.37. The van der Waals surface area contributed by atoms with Gasteiger partial charge in [-0.25, -0.2) is 4.98 Å². The molecular formula is C24H21BrN2O3. The van der Waals surface area contributed by atoms with Crippen molar-refractivity contribution in [3.05, 3.63) is 76.8 Å². The Balaban J connectivity index is 1.44. The van der Waals surface area contributed by atoms with Crippen LogP contribution in [0.2, 0.25) is 0 Å². The quantitative estimate of drug-likeness (QED) is 0.358. The summed E-state index contributed by atoms with van der Waals surface area (Å²) < 4.78 is 12.3. The number of oxazole rings is 1. The highest BCUT2D eigenvalue weighted by Gasteiger charge is 2.11. The summed E-state index contributed by atoms with van der Waals surface area (Å²) in [5.41, 5.74) is 4.18. The number of ether oxygens (including phenoxy) is 1. The Labute approximate surface area is 183 Å². The number of hydrogen-bond acceptors (Lipinski definition) is 4. The predicted octanol–water partition coefficient (Wildman–Crippen LogP) is 6.40. The number of anilines is 1. The van der Waals surface area contributed by atoms with Gasteiger partial charge in [0.1, 0.15) is 11.3 Å². The molecule has 152 valence electrons. The molecule has 0 spiro atoms. The molecule has 1 amide bonds. The van der Waals surface area contributed by atoms with Gasteiger partial charge in [0.05, 0.1) is 0 Å². The van der Waals surface area contributed by atoms with E-state index < -0.39 is 0 Å². The molecule has 1 aromatic heterocycles. The van der Waals surface area contributed by atoms with Gasteiger partial charge in [0.2, 0.25) is 5.89 Å². The summed E-state index contributed by atoms with van der Waals surface area (Å²) in [5.74, 6) is 1.42. The van der Waals surface area contributed by atoms with Crippen LogP contribution < -0.4 is 10.1 Å². The second-order valence-corrected chi connectivity index (χ2v) is 8.18. The van der Waals surface area contributed by atoms with Gasteiger partial charge < -0.3 is 14.5 Å². The maximum absolute atomic E-state index is 12.2. The lowest BCUT2D eigenvalue weighted by atomic mass is 10.0. The van der Waals surface area contributed by atoms with E-state index in [2.05, 4.69) is 52.2 Å². The van der Waals surface area contributed by atoms with Crippen molar-refractivity contribution >= 4 is 38.6 Å². The van der Waals surface area contributed by atoms with Crippen LogP contribution in [0.5, 0.6) is 5.75 Å². The number of halogens is 1. The van der Waals surface area contributed by atoms with Crippen LogP contribution >= 0.6 is 15.9 Å². The van der Waals surface area contributed by atoms with Crippen LogP contribution in [0.1, 0.15) is 25.3 Å². The molecule has 0 unspecified atom stereocenters. The zero-order valence-electron chi connectivity index (χ0n) is 16.7. The number of hydrogen-bond donors (Lipinski definition) is 1. The largest absolute Gasteiger partial charge is 0.484 e. The van der Waals surface area contributed by atoms with E-state index in [-0.39, 0.29) is 12.5 Å². The maximum atomic E-state index is 12.2. The van der Waals surface area contributed by atoms with Gasteiger partial charge in [0.15, 0.2) is 12.2 Å². The van der Waals surface area contributed by atoms with Gasteiger partial charge >= 0.3 is 0 Å². The Kier molecular flexibility index (Phi) is 5.86. The Hall–Kier alpha value is -3.12. The second kappa shape index (κ2) is 8.71. The van der Waals surface area contributed by atoms with Gasteiger partial charge in [0, 0.05) is 15.7 Å². The van der Waals surface area contributed by atoms with E-state index in [9.17, 15) is 4.79 Å². The molecule has 0 radical (unpaired) electrons. The molecule has 0 aliphatic rings. The summed E-state index contributed by atoms with van der Waals surface area (Å²) in [6.45, 7) is 4.24. The molecule has 1 N–H and O–H groups in total. The lowest BCUT2D eigenvalue weighted by Gasteiger charge is -2.07. The third kappa shape index (κ3) is 4.71. The zero-order chi connectivity index (χ0) is 21.1. The van der Waals surface area contributed by atoms with Crippen LogP contribution in [-0.4, -0.2) is 17.5 Å². The van der Waals surface area contributed by atoms with Gasteiger partial charge in [-0.05, 0) is 66.1 Å². The molecule has 0 saturated carbocycles. The van der Waals surface area contributed by atoms with Gasteiger partial charge in [-0.15, -0.1) is 0 Å². The molecule has 6 heteroatoms. The average molecular weight is 465 g/mol. The molecule has 0 bridgehead atoms. The molecule has 0 aliphatic carbocycles. The topological polar surface area (TPSA) is 64.4 Å². The van der Waals surface area contributed by atoms with Crippen LogP contribution in [0, 0.1) is 0 Å². The Morgan fingerprint density at radius 2 is 1.80 bits per heavy atom. The molecule has 4 rings (SSSR count). The van der Waals surface area contributed by atoms with E-state index in [0.29, 0.717) is 34.3 Å². The van der Waals surface area contributed by atoms with E-state index in [1.165, 1.54) is 5.56 Å². The number of nitrogens with zero attached hydrogens (tertiary/aromatic N) is 1. The number of nitrogens with one attached hydrogen (secondary N) is 1. The number of fused-ring (bicyclic) bond motifs is 1. The van der Waals surface area contributed by atoms with Crippen LogP contribution in [0.3, 0.4) is 0 Å². The average Bonchev–Trinajstić information content (AvgIpc) is 3.17. The van der Waals surface area contributed by atoms with Crippen LogP contribution in [0.15, 0.2) is 75.6 Å². The van der Waals surface area contributed by atoms with Crippen molar-refractivity contribution in [1.29, 1.82) is 0 Å². The van der Waals surface area contributed by atoms with Crippen LogP contribution in [0.4, 0.5) is 5.69 Å². The van der Waals surface area contributed by atoms with Crippen molar-refractivity contribution in [3.8, 4) is 17.2 Å². The molecule has 0 atom stereocenters. The standard InChI is InChI=1S/C24H21BrN2O3/c1-15(2)16-3-5-17(6-4-16)24-27-21-13-19(9-12-22(21)30-24)26-23(28)14-29-20-10-7-18(25)8-11-20/h3-13,15H,14H2,1-2H3,(H,26,28). The number of carbonyl (C=O) groups is 1. The minimum absolute atomic E-state index is 0.0774. The normalized spacial score (nSPS) is 11.1. The molecule has 0 saturated heterocycles. The summed E-state index contributed by atoms with van der Waals surface area (Å²) in [5, 5.41) is 2.83. The first-order valence-corrected chi connectivity index (χ1v) is 10.5. The first kappa shape index (κ1) is 20.2. The molecular weight excluding hydrogens is 444 g/mol. The van der Waals surface area contributed by atoms with Crippen molar-refractivity contribution in [3.63, 3.8) is 0 Å². The van der Waals surface area contributed by atoms with Crippen molar-refractivity contribution in [2.45, 2.75) is 19.8 Å². The number of carbonyl (C=O) groups excluding carboxylic acids is 1. The third-order valence-corrected chi connectivity index (χ3v) is 5.21.